The summed E-state index contributed by atoms with van der Waals surface area (Å²) in [6.07, 6.45) is 0. The highest BCUT2D eigenvalue weighted by atomic mass is 16.3. The first-order valence-corrected chi connectivity index (χ1v) is 5.35. The lowest BCUT2D eigenvalue weighted by molar-refractivity contribution is 0.505. The molecule has 0 aliphatic heterocycles. The van der Waals surface area contributed by atoms with Crippen LogP contribution >= 0.6 is 0 Å². The van der Waals surface area contributed by atoms with E-state index in [1.54, 1.807) is 0 Å². The lowest BCUT2D eigenvalue weighted by atomic mass is 10.2. The zero-order chi connectivity index (χ0) is 11.5. The van der Waals surface area contributed by atoms with Crippen LogP contribution in [-0.2, 0) is 0 Å². The fourth-order valence-corrected chi connectivity index (χ4v) is 1.64. The smallest absolute Gasteiger partial charge is 0.148 e. The van der Waals surface area contributed by atoms with E-state index < -0.39 is 0 Å². The van der Waals surface area contributed by atoms with Crippen LogP contribution in [0.1, 0.15) is 18.4 Å². The highest BCUT2D eigenvalue weighted by Crippen LogP contribution is 2.24. The number of aromatic nitrogens is 2. The summed E-state index contributed by atoms with van der Waals surface area (Å²) < 4.78 is 5.46. The van der Waals surface area contributed by atoms with Gasteiger partial charge in [0.05, 0.1) is 5.69 Å². The first kappa shape index (κ1) is 10.7. The molecular formula is C12H15N3O. The molecule has 2 rings (SSSR count). The fourth-order valence-electron chi connectivity index (χ4n) is 1.64. The first-order chi connectivity index (χ1) is 7.70. The zero-order valence-electron chi connectivity index (χ0n) is 9.74. The van der Waals surface area contributed by atoms with Crippen LogP contribution in [0, 0.1) is 13.8 Å². The van der Waals surface area contributed by atoms with Gasteiger partial charge in [0.2, 0.25) is 0 Å². The summed E-state index contributed by atoms with van der Waals surface area (Å²) in [5.74, 6) is 2.57. The Morgan fingerprint density at radius 2 is 2.06 bits per heavy atom. The zero-order valence-corrected chi connectivity index (χ0v) is 9.74. The number of furan rings is 1. The molecule has 0 amide bonds. The van der Waals surface area contributed by atoms with Crippen molar-refractivity contribution < 1.29 is 4.42 Å². The van der Waals surface area contributed by atoms with E-state index in [2.05, 4.69) is 15.5 Å². The lowest BCUT2D eigenvalue weighted by Crippen LogP contribution is -2.00. The summed E-state index contributed by atoms with van der Waals surface area (Å²) in [6.45, 7) is 6.73. The van der Waals surface area contributed by atoms with E-state index in [1.807, 2.05) is 39.0 Å². The highest BCUT2D eigenvalue weighted by molar-refractivity contribution is 5.62. The molecule has 16 heavy (non-hydrogen) atoms. The van der Waals surface area contributed by atoms with Crippen LogP contribution in [0.25, 0.3) is 11.3 Å². The predicted molar refractivity (Wildman–Crippen MR) is 63.4 cm³/mol. The molecule has 0 saturated carbocycles. The largest absolute Gasteiger partial charge is 0.466 e. The second-order valence-corrected chi connectivity index (χ2v) is 3.66. The summed E-state index contributed by atoms with van der Waals surface area (Å²) in [6, 6.07) is 5.85. The number of hydrogen-bond donors (Lipinski definition) is 1. The number of rotatable bonds is 3. The number of anilines is 1. The monoisotopic (exact) mass is 217 g/mol. The third-order valence-electron chi connectivity index (χ3n) is 2.34. The van der Waals surface area contributed by atoms with Crippen molar-refractivity contribution in [2.75, 3.05) is 11.9 Å². The maximum Gasteiger partial charge on any atom is 0.148 e. The molecule has 2 aromatic heterocycles. The van der Waals surface area contributed by atoms with Crippen molar-refractivity contribution in [1.82, 2.24) is 10.2 Å². The van der Waals surface area contributed by atoms with Crippen molar-refractivity contribution in [3.8, 4) is 11.3 Å². The minimum atomic E-state index is 0.795. The fraction of sp³-hybridized carbons (Fsp3) is 0.333. The average Bonchev–Trinajstić information content (AvgIpc) is 2.59. The van der Waals surface area contributed by atoms with E-state index in [-0.39, 0.29) is 0 Å². The van der Waals surface area contributed by atoms with E-state index in [9.17, 15) is 0 Å². The van der Waals surface area contributed by atoms with Crippen molar-refractivity contribution in [2.24, 2.45) is 0 Å². The van der Waals surface area contributed by atoms with Gasteiger partial charge in [-0.2, -0.15) is 0 Å². The molecule has 4 heteroatoms. The maximum absolute atomic E-state index is 5.46. The SMILES string of the molecule is CCNc1ccc(-c2cc(C)oc2C)nn1. The van der Waals surface area contributed by atoms with Crippen molar-refractivity contribution in [1.29, 1.82) is 0 Å². The highest BCUT2D eigenvalue weighted by Gasteiger charge is 2.08. The second kappa shape index (κ2) is 4.35. The Hall–Kier alpha value is -1.84. The summed E-state index contributed by atoms with van der Waals surface area (Å²) in [5.41, 5.74) is 1.85. The molecule has 0 aliphatic rings. The van der Waals surface area contributed by atoms with Gasteiger partial charge in [-0.15, -0.1) is 10.2 Å². The molecule has 0 saturated heterocycles. The lowest BCUT2D eigenvalue weighted by Gasteiger charge is -2.01. The number of hydrogen-bond acceptors (Lipinski definition) is 4. The van der Waals surface area contributed by atoms with Crippen LogP contribution in [-0.4, -0.2) is 16.7 Å². The van der Waals surface area contributed by atoms with E-state index in [4.69, 9.17) is 4.42 Å². The van der Waals surface area contributed by atoms with E-state index in [0.29, 0.717) is 0 Å². The number of nitrogens with zero attached hydrogens (tertiary/aromatic N) is 2. The van der Waals surface area contributed by atoms with Gasteiger partial charge in [-0.25, -0.2) is 0 Å². The minimum Gasteiger partial charge on any atom is -0.466 e. The van der Waals surface area contributed by atoms with E-state index in [0.717, 1.165) is 35.1 Å². The van der Waals surface area contributed by atoms with Gasteiger partial charge in [-0.05, 0) is 39.0 Å². The van der Waals surface area contributed by atoms with Crippen LogP contribution in [0.15, 0.2) is 22.6 Å². The summed E-state index contributed by atoms with van der Waals surface area (Å²) in [5, 5.41) is 11.4. The molecule has 84 valence electrons. The third-order valence-corrected chi connectivity index (χ3v) is 2.34. The molecule has 2 aromatic rings. The third kappa shape index (κ3) is 2.05. The number of aryl methyl sites for hydroxylation is 2. The summed E-state index contributed by atoms with van der Waals surface area (Å²) in [7, 11) is 0. The van der Waals surface area contributed by atoms with Gasteiger partial charge in [-0.3, -0.25) is 0 Å². The van der Waals surface area contributed by atoms with Crippen molar-refractivity contribution in [3.05, 3.63) is 29.7 Å². The average molecular weight is 217 g/mol. The molecule has 0 aromatic carbocycles. The molecule has 2 heterocycles. The van der Waals surface area contributed by atoms with Crippen LogP contribution < -0.4 is 5.32 Å². The Bertz CT molecular complexity index is 474. The topological polar surface area (TPSA) is 51.0 Å². The molecule has 0 unspecified atom stereocenters. The molecule has 1 N–H and O–H groups in total. The minimum absolute atomic E-state index is 0.795. The van der Waals surface area contributed by atoms with Crippen molar-refractivity contribution >= 4 is 5.82 Å². The Morgan fingerprint density at radius 3 is 2.56 bits per heavy atom. The Labute approximate surface area is 94.7 Å². The number of nitrogens with one attached hydrogen (secondary N) is 1. The first-order valence-electron chi connectivity index (χ1n) is 5.35. The predicted octanol–water partition coefficient (Wildman–Crippen LogP) is 2.79. The van der Waals surface area contributed by atoms with Crippen LogP contribution in [0.3, 0.4) is 0 Å². The Morgan fingerprint density at radius 1 is 1.25 bits per heavy atom. The van der Waals surface area contributed by atoms with Gasteiger partial charge in [0.15, 0.2) is 0 Å². The Kier molecular flexibility index (Phi) is 2.90. The van der Waals surface area contributed by atoms with Crippen LogP contribution in [0.2, 0.25) is 0 Å². The van der Waals surface area contributed by atoms with Gasteiger partial charge < -0.3 is 9.73 Å². The van der Waals surface area contributed by atoms with Crippen molar-refractivity contribution in [3.63, 3.8) is 0 Å². The molecular weight excluding hydrogens is 202 g/mol. The molecule has 0 atom stereocenters. The molecule has 0 bridgehead atoms. The van der Waals surface area contributed by atoms with Gasteiger partial charge >= 0.3 is 0 Å². The normalized spacial score (nSPS) is 10.4. The van der Waals surface area contributed by atoms with Gasteiger partial charge in [0.25, 0.3) is 0 Å². The molecule has 0 spiro atoms. The van der Waals surface area contributed by atoms with Gasteiger partial charge in [0.1, 0.15) is 17.3 Å². The Balaban J connectivity index is 2.31. The molecule has 0 radical (unpaired) electrons. The van der Waals surface area contributed by atoms with Crippen LogP contribution in [0.4, 0.5) is 5.82 Å². The summed E-state index contributed by atoms with van der Waals surface area (Å²) >= 11 is 0. The van der Waals surface area contributed by atoms with Gasteiger partial charge in [0, 0.05) is 12.1 Å². The molecule has 0 fully saturated rings. The van der Waals surface area contributed by atoms with Crippen molar-refractivity contribution in [2.45, 2.75) is 20.8 Å². The van der Waals surface area contributed by atoms with E-state index >= 15 is 0 Å². The second-order valence-electron chi connectivity index (χ2n) is 3.66. The standard InChI is InChI=1S/C12H15N3O/c1-4-13-12-6-5-11(14-15-12)10-7-8(2)16-9(10)3/h5-7H,4H2,1-3H3,(H,13,15). The summed E-state index contributed by atoms with van der Waals surface area (Å²) in [4.78, 5) is 0. The molecule has 4 nitrogen and oxygen atoms in total. The van der Waals surface area contributed by atoms with E-state index in [1.165, 1.54) is 0 Å². The quantitative estimate of drug-likeness (QED) is 0.858. The molecule has 0 aliphatic carbocycles. The maximum atomic E-state index is 5.46. The van der Waals surface area contributed by atoms with Crippen LogP contribution in [0.5, 0.6) is 0 Å². The van der Waals surface area contributed by atoms with Gasteiger partial charge in [-0.1, -0.05) is 0 Å².